The molecule has 1 aromatic carbocycles. The number of sulfonamides is 1. The van der Waals surface area contributed by atoms with Gasteiger partial charge in [-0.15, -0.1) is 0 Å². The van der Waals surface area contributed by atoms with Gasteiger partial charge in [-0.05, 0) is 44.2 Å². The topological polar surface area (TPSA) is 72.0 Å². The molecule has 0 aliphatic rings. The van der Waals surface area contributed by atoms with Crippen molar-refractivity contribution in [2.24, 2.45) is 0 Å². The number of hydrogen-bond acceptors (Lipinski definition) is 4. The molecule has 0 saturated carbocycles. The van der Waals surface area contributed by atoms with Gasteiger partial charge in [0.25, 0.3) is 10.0 Å². The summed E-state index contributed by atoms with van der Waals surface area (Å²) in [4.78, 5) is 8.66. The van der Waals surface area contributed by atoms with E-state index in [1.165, 1.54) is 0 Å². The molecule has 0 radical (unpaired) electrons. The van der Waals surface area contributed by atoms with Gasteiger partial charge in [-0.25, -0.2) is 13.4 Å². The highest BCUT2D eigenvalue weighted by atomic mass is 32.2. The van der Waals surface area contributed by atoms with Crippen LogP contribution in [0.25, 0.3) is 11.1 Å². The Labute approximate surface area is 141 Å². The van der Waals surface area contributed by atoms with Crippen LogP contribution in [0.15, 0.2) is 65.8 Å². The van der Waals surface area contributed by atoms with E-state index in [-0.39, 0.29) is 10.7 Å². The van der Waals surface area contributed by atoms with E-state index in [1.54, 1.807) is 42.7 Å². The Kier molecular flexibility index (Phi) is 4.31. The molecule has 3 rings (SSSR count). The quantitative estimate of drug-likeness (QED) is 0.789. The van der Waals surface area contributed by atoms with Gasteiger partial charge in [0.05, 0.1) is 4.90 Å². The first kappa shape index (κ1) is 16.1. The predicted octanol–water partition coefficient (Wildman–Crippen LogP) is 3.56. The Bertz CT molecular complexity index is 950. The van der Waals surface area contributed by atoms with Crippen LogP contribution in [0.2, 0.25) is 0 Å². The van der Waals surface area contributed by atoms with Crippen LogP contribution in [0.4, 0.5) is 5.82 Å². The Morgan fingerprint density at radius 1 is 0.917 bits per heavy atom. The lowest BCUT2D eigenvalue weighted by Gasteiger charge is -2.09. The molecule has 0 aliphatic carbocycles. The van der Waals surface area contributed by atoms with E-state index in [0.29, 0.717) is 0 Å². The van der Waals surface area contributed by atoms with Gasteiger partial charge >= 0.3 is 0 Å². The molecule has 0 saturated heterocycles. The van der Waals surface area contributed by atoms with Gasteiger partial charge in [0.1, 0.15) is 5.82 Å². The monoisotopic (exact) mass is 339 g/mol. The predicted molar refractivity (Wildman–Crippen MR) is 94.2 cm³/mol. The molecule has 122 valence electrons. The largest absolute Gasteiger partial charge is 0.263 e. The molecule has 0 unspecified atom stereocenters. The van der Waals surface area contributed by atoms with Crippen molar-refractivity contribution in [1.29, 1.82) is 0 Å². The van der Waals surface area contributed by atoms with Crippen molar-refractivity contribution in [2.45, 2.75) is 18.7 Å². The standard InChI is InChI=1S/C18H17N3O2S/c1-13-5-8-16(9-6-13)24(22,23)21-18-10-7-15(12-20-18)17-4-3-11-19-14(17)2/h3-12H,1-2H3,(H,20,21). The maximum atomic E-state index is 12.4. The normalized spacial score (nSPS) is 11.2. The van der Waals surface area contributed by atoms with Gasteiger partial charge < -0.3 is 0 Å². The average molecular weight is 339 g/mol. The minimum Gasteiger partial charge on any atom is -0.263 e. The Morgan fingerprint density at radius 2 is 1.67 bits per heavy atom. The van der Waals surface area contributed by atoms with Crippen LogP contribution in [0.3, 0.4) is 0 Å². The Morgan fingerprint density at radius 3 is 2.29 bits per heavy atom. The molecule has 5 nitrogen and oxygen atoms in total. The molecule has 6 heteroatoms. The van der Waals surface area contributed by atoms with Gasteiger partial charge in [0.15, 0.2) is 0 Å². The zero-order valence-corrected chi connectivity index (χ0v) is 14.2. The zero-order chi connectivity index (χ0) is 17.2. The number of aryl methyl sites for hydroxylation is 2. The van der Waals surface area contributed by atoms with Crippen molar-refractivity contribution in [3.05, 3.63) is 72.2 Å². The SMILES string of the molecule is Cc1ccc(S(=O)(=O)Nc2ccc(-c3cccnc3C)cn2)cc1. The number of rotatable bonds is 4. The third-order valence-corrected chi connectivity index (χ3v) is 5.02. The average Bonchev–Trinajstić information content (AvgIpc) is 2.56. The van der Waals surface area contributed by atoms with E-state index < -0.39 is 10.0 Å². The molecule has 2 aromatic heterocycles. The second-order valence-corrected chi connectivity index (χ2v) is 7.17. The highest BCUT2D eigenvalue weighted by Crippen LogP contribution is 2.22. The number of anilines is 1. The van der Waals surface area contributed by atoms with Crippen molar-refractivity contribution in [3.8, 4) is 11.1 Å². The molecule has 1 N–H and O–H groups in total. The van der Waals surface area contributed by atoms with Crippen LogP contribution < -0.4 is 4.72 Å². The molecule has 3 aromatic rings. The van der Waals surface area contributed by atoms with Crippen LogP contribution in [0.5, 0.6) is 0 Å². The van der Waals surface area contributed by atoms with E-state index >= 15 is 0 Å². The summed E-state index contributed by atoms with van der Waals surface area (Å²) in [7, 11) is -3.64. The summed E-state index contributed by atoms with van der Waals surface area (Å²) in [5, 5.41) is 0. The Hall–Kier alpha value is -2.73. The molecule has 0 spiro atoms. The third-order valence-electron chi connectivity index (χ3n) is 3.65. The van der Waals surface area contributed by atoms with E-state index in [0.717, 1.165) is 22.4 Å². The molecule has 0 aliphatic heterocycles. The van der Waals surface area contributed by atoms with E-state index in [4.69, 9.17) is 0 Å². The zero-order valence-electron chi connectivity index (χ0n) is 13.4. The number of nitrogens with one attached hydrogen (secondary N) is 1. The molecular weight excluding hydrogens is 322 g/mol. The fourth-order valence-electron chi connectivity index (χ4n) is 2.32. The summed E-state index contributed by atoms with van der Waals surface area (Å²) >= 11 is 0. The second kappa shape index (κ2) is 6.41. The van der Waals surface area contributed by atoms with E-state index in [9.17, 15) is 8.42 Å². The molecule has 0 atom stereocenters. The van der Waals surface area contributed by atoms with Crippen LogP contribution >= 0.6 is 0 Å². The molecule has 0 bridgehead atoms. The first-order valence-corrected chi connectivity index (χ1v) is 8.91. The van der Waals surface area contributed by atoms with Crippen molar-refractivity contribution in [2.75, 3.05) is 4.72 Å². The Balaban J connectivity index is 1.84. The van der Waals surface area contributed by atoms with Crippen molar-refractivity contribution >= 4 is 15.8 Å². The van der Waals surface area contributed by atoms with Crippen LogP contribution in [-0.2, 0) is 10.0 Å². The molecule has 2 heterocycles. The van der Waals surface area contributed by atoms with E-state index in [2.05, 4.69) is 14.7 Å². The first-order valence-electron chi connectivity index (χ1n) is 7.43. The summed E-state index contributed by atoms with van der Waals surface area (Å²) in [5.74, 6) is 0.279. The minimum atomic E-state index is -3.64. The lowest BCUT2D eigenvalue weighted by molar-refractivity contribution is 0.601. The van der Waals surface area contributed by atoms with Gasteiger partial charge in [0.2, 0.25) is 0 Å². The summed E-state index contributed by atoms with van der Waals surface area (Å²) in [6.45, 7) is 3.83. The fourth-order valence-corrected chi connectivity index (χ4v) is 3.33. The van der Waals surface area contributed by atoms with Gasteiger partial charge in [-0.3, -0.25) is 9.71 Å². The molecular formula is C18H17N3O2S. The maximum Gasteiger partial charge on any atom is 0.263 e. The highest BCUT2D eigenvalue weighted by Gasteiger charge is 2.14. The van der Waals surface area contributed by atoms with Gasteiger partial charge in [0, 0.05) is 29.2 Å². The van der Waals surface area contributed by atoms with Crippen LogP contribution in [0, 0.1) is 13.8 Å². The minimum absolute atomic E-state index is 0.210. The fraction of sp³-hybridized carbons (Fsp3) is 0.111. The molecule has 0 amide bonds. The summed E-state index contributed by atoms with van der Waals surface area (Å²) in [5.41, 5.74) is 3.76. The lowest BCUT2D eigenvalue weighted by atomic mass is 10.1. The maximum absolute atomic E-state index is 12.4. The summed E-state index contributed by atoms with van der Waals surface area (Å²) in [6.07, 6.45) is 3.37. The van der Waals surface area contributed by atoms with Crippen LogP contribution in [0.1, 0.15) is 11.3 Å². The lowest BCUT2D eigenvalue weighted by Crippen LogP contribution is -2.13. The highest BCUT2D eigenvalue weighted by molar-refractivity contribution is 7.92. The second-order valence-electron chi connectivity index (χ2n) is 5.49. The van der Waals surface area contributed by atoms with Crippen molar-refractivity contribution in [3.63, 3.8) is 0 Å². The number of aromatic nitrogens is 2. The first-order chi connectivity index (χ1) is 11.5. The number of pyridine rings is 2. The summed E-state index contributed by atoms with van der Waals surface area (Å²) < 4.78 is 27.2. The van der Waals surface area contributed by atoms with Crippen LogP contribution in [-0.4, -0.2) is 18.4 Å². The molecule has 24 heavy (non-hydrogen) atoms. The third kappa shape index (κ3) is 3.44. The van der Waals surface area contributed by atoms with Crippen molar-refractivity contribution < 1.29 is 8.42 Å². The van der Waals surface area contributed by atoms with Gasteiger partial charge in [-0.2, -0.15) is 0 Å². The summed E-state index contributed by atoms with van der Waals surface area (Å²) in [6, 6.07) is 14.0. The van der Waals surface area contributed by atoms with Gasteiger partial charge in [-0.1, -0.05) is 23.8 Å². The number of hydrogen-bond donors (Lipinski definition) is 1. The van der Waals surface area contributed by atoms with Crippen molar-refractivity contribution in [1.82, 2.24) is 9.97 Å². The number of nitrogens with zero attached hydrogens (tertiary/aromatic N) is 2. The number of benzene rings is 1. The van der Waals surface area contributed by atoms with E-state index in [1.807, 2.05) is 32.0 Å². The smallest absolute Gasteiger partial charge is 0.263 e. The molecule has 0 fully saturated rings.